The van der Waals surface area contributed by atoms with Crippen molar-refractivity contribution in [3.8, 4) is 16.9 Å². The van der Waals surface area contributed by atoms with Crippen molar-refractivity contribution in [1.82, 2.24) is 30.0 Å². The van der Waals surface area contributed by atoms with E-state index in [1.165, 1.54) is 11.3 Å². The number of imide groups is 1. The van der Waals surface area contributed by atoms with Crippen LogP contribution in [-0.2, 0) is 34.4 Å². The summed E-state index contributed by atoms with van der Waals surface area (Å²) in [4.78, 5) is 76.8. The quantitative estimate of drug-likeness (QED) is 0.0761. The van der Waals surface area contributed by atoms with Gasteiger partial charge in [-0.05, 0) is 128 Å². The van der Waals surface area contributed by atoms with Crippen LogP contribution in [0.15, 0.2) is 91.0 Å². The number of piperidine rings is 2. The number of carboxylic acids is 1. The van der Waals surface area contributed by atoms with Gasteiger partial charge in [0.1, 0.15) is 11.6 Å². The normalized spacial score (nSPS) is 16.7. The van der Waals surface area contributed by atoms with Gasteiger partial charge in [-0.3, -0.25) is 39.4 Å². The molecule has 0 spiro atoms. The number of rotatable bonds is 14. The van der Waals surface area contributed by atoms with Gasteiger partial charge in [0, 0.05) is 55.2 Å². The molecule has 0 saturated carbocycles. The second kappa shape index (κ2) is 19.9. The van der Waals surface area contributed by atoms with Crippen LogP contribution in [0.3, 0.4) is 0 Å². The smallest absolute Gasteiger partial charge is 0.355 e. The average molecular weight is 996 g/mol. The summed E-state index contributed by atoms with van der Waals surface area (Å²) in [5.74, 6) is -5.83. The molecule has 7 aromatic rings. The lowest BCUT2D eigenvalue weighted by atomic mass is 9.91. The average Bonchev–Trinajstić information content (AvgIpc) is 3.92. The van der Waals surface area contributed by atoms with Gasteiger partial charge in [-0.2, -0.15) is 5.10 Å². The number of halogens is 2. The van der Waals surface area contributed by atoms with E-state index in [2.05, 4.69) is 31.0 Å². The largest absolute Gasteiger partial charge is 0.487 e. The maximum Gasteiger partial charge on any atom is 0.355 e. The van der Waals surface area contributed by atoms with Gasteiger partial charge >= 0.3 is 5.97 Å². The number of amides is 4. The number of aromatic carboxylic acids is 1. The Balaban J connectivity index is 0.733. The lowest BCUT2D eigenvalue weighted by Gasteiger charge is -2.33. The van der Waals surface area contributed by atoms with Gasteiger partial charge < -0.3 is 20.1 Å². The highest BCUT2D eigenvalue weighted by Crippen LogP contribution is 2.37. The summed E-state index contributed by atoms with van der Waals surface area (Å²) < 4.78 is 39.6. The number of benzene rings is 4. The number of carboxylic acid groups (broad SMARTS) is 1. The minimum absolute atomic E-state index is 0.0927. The first-order valence-electron chi connectivity index (χ1n) is 23.9. The molecule has 2 fully saturated rings. The van der Waals surface area contributed by atoms with Gasteiger partial charge in [0.25, 0.3) is 11.8 Å². The van der Waals surface area contributed by atoms with Crippen LogP contribution in [0.25, 0.3) is 32.2 Å². The molecular formula is C53H51F2N9O7S. The van der Waals surface area contributed by atoms with Crippen molar-refractivity contribution in [3.05, 3.63) is 125 Å². The van der Waals surface area contributed by atoms with Gasteiger partial charge in [0.05, 0.1) is 33.9 Å². The molecule has 0 radical (unpaired) electrons. The van der Waals surface area contributed by atoms with E-state index in [1.807, 2.05) is 46.2 Å². The van der Waals surface area contributed by atoms with Crippen molar-refractivity contribution < 1.29 is 42.6 Å². The first-order valence-corrected chi connectivity index (χ1v) is 24.7. The van der Waals surface area contributed by atoms with Crippen molar-refractivity contribution in [3.63, 3.8) is 0 Å². The van der Waals surface area contributed by atoms with Crippen molar-refractivity contribution in [2.24, 2.45) is 13.0 Å². The molecule has 10 rings (SSSR count). The summed E-state index contributed by atoms with van der Waals surface area (Å²) >= 11 is 1.39. The molecule has 1 atom stereocenters. The van der Waals surface area contributed by atoms with Crippen LogP contribution < -0.4 is 25.6 Å². The topological polar surface area (TPSA) is 201 Å². The maximum absolute atomic E-state index is 15.6. The van der Waals surface area contributed by atoms with Gasteiger partial charge in [-0.25, -0.2) is 23.5 Å². The highest BCUT2D eigenvalue weighted by atomic mass is 32.1. The van der Waals surface area contributed by atoms with Crippen LogP contribution in [-0.4, -0.2) is 98.1 Å². The number of ether oxygens (including phenoxy) is 1. The van der Waals surface area contributed by atoms with Crippen LogP contribution in [0, 0.1) is 12.8 Å². The number of carbonyl (C=O) groups is 5. The molecule has 72 heavy (non-hydrogen) atoms. The van der Waals surface area contributed by atoms with Crippen molar-refractivity contribution in [2.75, 3.05) is 48.3 Å². The fraction of sp³-hybridized carbons (Fsp3) is 0.321. The van der Waals surface area contributed by atoms with Crippen LogP contribution in [0.1, 0.15) is 81.3 Å². The summed E-state index contributed by atoms with van der Waals surface area (Å²) in [7, 11) is 1.75. The number of fused-ring (bicyclic) bond motifs is 3. The second-order valence-electron chi connectivity index (χ2n) is 18.7. The van der Waals surface area contributed by atoms with E-state index in [0.717, 1.165) is 32.2 Å². The van der Waals surface area contributed by atoms with Crippen molar-refractivity contribution in [2.45, 2.75) is 63.8 Å². The number of aryl methyl sites for hydroxylation is 1. The molecule has 4 N–H and O–H groups in total. The van der Waals surface area contributed by atoms with Crippen molar-refractivity contribution in [1.29, 1.82) is 0 Å². The number of anilines is 3. The number of aromatic nitrogens is 4. The van der Waals surface area contributed by atoms with Gasteiger partial charge in [-0.1, -0.05) is 47.7 Å². The molecule has 3 aliphatic rings. The summed E-state index contributed by atoms with van der Waals surface area (Å²) in [5.41, 5.74) is 6.06. The summed E-state index contributed by atoms with van der Waals surface area (Å²) in [6, 6.07) is 27.0. The van der Waals surface area contributed by atoms with E-state index in [4.69, 9.17) is 4.74 Å². The zero-order valence-electron chi connectivity index (χ0n) is 39.5. The molecule has 0 bridgehead atoms. The van der Waals surface area contributed by atoms with E-state index in [9.17, 15) is 29.1 Å². The van der Waals surface area contributed by atoms with Crippen LogP contribution in [0.2, 0.25) is 0 Å². The highest BCUT2D eigenvalue weighted by molar-refractivity contribution is 7.22. The first-order chi connectivity index (χ1) is 34.7. The maximum atomic E-state index is 15.6. The number of carbonyl (C=O) groups excluding carboxylic acids is 4. The Morgan fingerprint density at radius 2 is 1.71 bits per heavy atom. The molecule has 3 aromatic heterocycles. The number of alkyl halides is 2. The molecule has 4 amide bonds. The molecule has 6 heterocycles. The van der Waals surface area contributed by atoms with E-state index in [-0.39, 0.29) is 60.4 Å². The minimum atomic E-state index is -3.16. The lowest BCUT2D eigenvalue weighted by molar-refractivity contribution is -0.134. The molecule has 16 nitrogen and oxygen atoms in total. The predicted octanol–water partition coefficient (Wildman–Crippen LogP) is 8.34. The van der Waals surface area contributed by atoms with E-state index < -0.39 is 24.4 Å². The molecule has 370 valence electrons. The standard InChI is InChI=1S/C53H51F2N9O7S/c1-30-34(35-15-17-44(58-48(35)51(69)70)64-24-21-32-7-5-9-36(39(32)27-64)49(67)60-52-57-40-10-3-4-12-43(40)72-52)8-6-11-42(30)71-29-53(54,55)26-31-19-22-63(23-20-31)28-46(66)56-33-13-14-37-41(25-33)62(2)61-47(37)38-16-18-45(65)59-50(38)68/h3-15,17,25,31,38H,16,18-24,26-29H2,1-2H3,(H,56,66)(H,69,70)(H,57,60,67)(H,59,65,68). The van der Waals surface area contributed by atoms with Gasteiger partial charge in [-0.15, -0.1) is 0 Å². The number of likely N-dealkylation sites (tertiary alicyclic amines) is 1. The van der Waals surface area contributed by atoms with Crippen LogP contribution >= 0.6 is 11.3 Å². The van der Waals surface area contributed by atoms with E-state index in [0.29, 0.717) is 96.4 Å². The molecule has 4 aromatic carbocycles. The highest BCUT2D eigenvalue weighted by Gasteiger charge is 2.36. The summed E-state index contributed by atoms with van der Waals surface area (Å²) in [6.45, 7) is 2.74. The Hall–Kier alpha value is -7.64. The van der Waals surface area contributed by atoms with E-state index >= 15 is 8.78 Å². The Morgan fingerprint density at radius 1 is 0.903 bits per heavy atom. The third-order valence-electron chi connectivity index (χ3n) is 13.8. The number of nitrogens with one attached hydrogen (secondary N) is 3. The Morgan fingerprint density at radius 3 is 2.50 bits per heavy atom. The lowest BCUT2D eigenvalue weighted by Crippen LogP contribution is -2.41. The first kappa shape index (κ1) is 48.0. The van der Waals surface area contributed by atoms with Crippen LogP contribution in [0.4, 0.5) is 25.4 Å². The van der Waals surface area contributed by atoms with Crippen molar-refractivity contribution >= 4 is 78.7 Å². The Bertz CT molecular complexity index is 3260. The predicted molar refractivity (Wildman–Crippen MR) is 269 cm³/mol. The molecule has 0 aliphatic carbocycles. The third kappa shape index (κ3) is 10.1. The van der Waals surface area contributed by atoms with Gasteiger partial charge in [0.2, 0.25) is 17.7 Å². The molecule has 19 heteroatoms. The molecule has 2 saturated heterocycles. The minimum Gasteiger partial charge on any atom is -0.487 e. The zero-order chi connectivity index (χ0) is 50.3. The summed E-state index contributed by atoms with van der Waals surface area (Å²) in [5, 5.41) is 24.5. The zero-order valence-corrected chi connectivity index (χ0v) is 40.4. The SMILES string of the molecule is Cc1c(OCC(F)(F)CC2CCN(CC(=O)Nc3ccc4c(C5CCC(=O)NC5=O)nn(C)c4c3)CC2)cccc1-c1ccc(N2CCc3cccc(C(=O)Nc4nc5ccccc5s4)c3C2)nc1C(=O)O. The molecular weight excluding hydrogens is 945 g/mol. The number of hydrogen-bond acceptors (Lipinski definition) is 12. The Kier molecular flexibility index (Phi) is 13.2. The fourth-order valence-electron chi connectivity index (χ4n) is 10.1. The van der Waals surface area contributed by atoms with E-state index in [1.54, 1.807) is 73.3 Å². The summed E-state index contributed by atoms with van der Waals surface area (Å²) in [6.07, 6.45) is 1.79. The third-order valence-corrected chi connectivity index (χ3v) is 14.8. The Labute approximate surface area is 416 Å². The molecule has 1 unspecified atom stereocenters. The number of hydrogen-bond donors (Lipinski definition) is 4. The van der Waals surface area contributed by atoms with Gasteiger partial charge in [0.15, 0.2) is 17.4 Å². The number of pyridine rings is 1. The fourth-order valence-corrected chi connectivity index (χ4v) is 11.0. The van der Waals surface area contributed by atoms with Crippen LogP contribution in [0.5, 0.6) is 5.75 Å². The number of thiazole rings is 1. The number of nitrogens with zero attached hydrogens (tertiary/aromatic N) is 6. The second-order valence-corrected chi connectivity index (χ2v) is 19.7. The monoisotopic (exact) mass is 995 g/mol. The number of para-hydroxylation sites is 1. The molecule has 3 aliphatic heterocycles.